The quantitative estimate of drug-likeness (QED) is 0.349. The molecule has 2 N–H and O–H groups in total. The predicted molar refractivity (Wildman–Crippen MR) is 134 cm³/mol. The summed E-state index contributed by atoms with van der Waals surface area (Å²) in [5.41, 5.74) is 2.65. The average Bonchev–Trinajstić information content (AvgIpc) is 3.35. The summed E-state index contributed by atoms with van der Waals surface area (Å²) in [6.07, 6.45) is 11.8. The zero-order chi connectivity index (χ0) is 23.0. The number of hydrogen-bond acceptors (Lipinski definition) is 8. The van der Waals surface area contributed by atoms with Crippen LogP contribution in [0.1, 0.15) is 63.9 Å². The highest BCUT2D eigenvalue weighted by Gasteiger charge is 2.23. The minimum atomic E-state index is -0.0668. The van der Waals surface area contributed by atoms with Gasteiger partial charge in [-0.05, 0) is 64.1 Å². The fraction of sp³-hybridized carbons (Fsp3) is 0.625. The van der Waals surface area contributed by atoms with E-state index in [2.05, 4.69) is 32.6 Å². The first kappa shape index (κ1) is 23.8. The van der Waals surface area contributed by atoms with Crippen LogP contribution in [0.25, 0.3) is 11.3 Å². The highest BCUT2D eigenvalue weighted by atomic mass is 35.5. The lowest BCUT2D eigenvalue weighted by atomic mass is 9.91. The molecule has 1 aliphatic carbocycles. The van der Waals surface area contributed by atoms with Crippen molar-refractivity contribution in [1.82, 2.24) is 19.9 Å². The summed E-state index contributed by atoms with van der Waals surface area (Å²) in [6, 6.07) is 2.10. The highest BCUT2D eigenvalue weighted by molar-refractivity contribution is 6.31. The standard InChI is InChI=1S/C24H34ClN7O/c1-2-3-10-26-24-28-15-20(23(30-24)29-18-6-8-19(31-33)9-7-18)22-13-21(25)17(14-27-22)16-32-11-4-5-12-32/h13-15,18-19H,2-12,16H2,1H3,(H2,26,28,29,30). The van der Waals surface area contributed by atoms with E-state index in [0.717, 1.165) is 92.4 Å². The van der Waals surface area contributed by atoms with E-state index in [0.29, 0.717) is 5.95 Å². The third kappa shape index (κ3) is 6.38. The normalized spacial score (nSPS) is 21.2. The molecule has 2 aromatic rings. The number of unbranched alkanes of at least 4 members (excludes halogenated alkanes) is 1. The summed E-state index contributed by atoms with van der Waals surface area (Å²) in [5.74, 6) is 1.36. The van der Waals surface area contributed by atoms with E-state index in [1.165, 1.54) is 12.8 Å². The van der Waals surface area contributed by atoms with Crippen LogP contribution in [0.15, 0.2) is 23.6 Å². The number of pyridine rings is 1. The Morgan fingerprint density at radius 2 is 1.94 bits per heavy atom. The third-order valence-electron chi connectivity index (χ3n) is 6.59. The van der Waals surface area contributed by atoms with Gasteiger partial charge in [0, 0.05) is 42.1 Å². The molecule has 1 aliphatic heterocycles. The first-order chi connectivity index (χ1) is 16.2. The number of anilines is 2. The molecule has 8 nitrogen and oxygen atoms in total. The highest BCUT2D eigenvalue weighted by Crippen LogP contribution is 2.32. The average molecular weight is 472 g/mol. The van der Waals surface area contributed by atoms with Gasteiger partial charge in [0.05, 0.1) is 17.3 Å². The Labute approximate surface area is 200 Å². The molecule has 0 unspecified atom stereocenters. The molecule has 2 aliphatic rings. The van der Waals surface area contributed by atoms with Gasteiger partial charge in [0.15, 0.2) is 0 Å². The molecule has 178 valence electrons. The fourth-order valence-corrected chi connectivity index (χ4v) is 4.78. The Morgan fingerprint density at radius 3 is 2.64 bits per heavy atom. The smallest absolute Gasteiger partial charge is 0.224 e. The van der Waals surface area contributed by atoms with Gasteiger partial charge < -0.3 is 10.6 Å². The minimum Gasteiger partial charge on any atom is -0.367 e. The number of nitrogens with one attached hydrogen (secondary N) is 2. The minimum absolute atomic E-state index is 0.0668. The molecule has 0 bridgehead atoms. The molecule has 1 saturated heterocycles. The van der Waals surface area contributed by atoms with E-state index < -0.39 is 0 Å². The Hall–Kier alpha value is -2.32. The largest absolute Gasteiger partial charge is 0.367 e. The van der Waals surface area contributed by atoms with Crippen LogP contribution in [0.4, 0.5) is 11.8 Å². The van der Waals surface area contributed by atoms with Gasteiger partial charge in [0.2, 0.25) is 5.95 Å². The lowest BCUT2D eigenvalue weighted by Gasteiger charge is -2.26. The van der Waals surface area contributed by atoms with Crippen molar-refractivity contribution in [3.63, 3.8) is 0 Å². The van der Waals surface area contributed by atoms with Gasteiger partial charge in [-0.1, -0.05) is 30.1 Å². The Bertz CT molecular complexity index is 927. The Morgan fingerprint density at radius 1 is 1.15 bits per heavy atom. The van der Waals surface area contributed by atoms with Gasteiger partial charge in [0.1, 0.15) is 5.82 Å². The molecular formula is C24H34ClN7O. The molecule has 1 saturated carbocycles. The summed E-state index contributed by atoms with van der Waals surface area (Å²) < 4.78 is 0. The maximum absolute atomic E-state index is 10.9. The van der Waals surface area contributed by atoms with Crippen molar-refractivity contribution in [2.24, 2.45) is 5.18 Å². The monoisotopic (exact) mass is 471 g/mol. The van der Waals surface area contributed by atoms with Gasteiger partial charge in [-0.15, -0.1) is 0 Å². The number of nitroso groups, excluding NO2 is 1. The lowest BCUT2D eigenvalue weighted by Crippen LogP contribution is -2.28. The van der Waals surface area contributed by atoms with Crippen LogP contribution in [0.2, 0.25) is 5.02 Å². The van der Waals surface area contributed by atoms with Crippen LogP contribution in [-0.4, -0.2) is 51.6 Å². The molecule has 9 heteroatoms. The molecule has 0 spiro atoms. The molecule has 0 radical (unpaired) electrons. The zero-order valence-corrected chi connectivity index (χ0v) is 20.2. The molecule has 4 rings (SSSR count). The molecule has 0 aromatic carbocycles. The lowest BCUT2D eigenvalue weighted by molar-refractivity contribution is 0.331. The van der Waals surface area contributed by atoms with Gasteiger partial charge in [-0.3, -0.25) is 9.88 Å². The molecule has 2 fully saturated rings. The number of hydrogen-bond donors (Lipinski definition) is 2. The first-order valence-corrected chi connectivity index (χ1v) is 12.6. The SMILES string of the molecule is CCCCNc1ncc(-c2cc(Cl)c(CN3CCCC3)cn2)c(NC2CCC(N=O)CC2)n1. The van der Waals surface area contributed by atoms with Crippen molar-refractivity contribution in [2.45, 2.75) is 76.9 Å². The van der Waals surface area contributed by atoms with Crippen LogP contribution in [0, 0.1) is 4.91 Å². The zero-order valence-electron chi connectivity index (χ0n) is 19.4. The third-order valence-corrected chi connectivity index (χ3v) is 6.94. The van der Waals surface area contributed by atoms with E-state index in [9.17, 15) is 4.91 Å². The second kappa shape index (κ2) is 11.7. The van der Waals surface area contributed by atoms with E-state index in [1.807, 2.05) is 18.5 Å². The summed E-state index contributed by atoms with van der Waals surface area (Å²) >= 11 is 6.67. The number of rotatable bonds is 10. The topological polar surface area (TPSA) is 95.4 Å². The van der Waals surface area contributed by atoms with Crippen molar-refractivity contribution in [3.8, 4) is 11.3 Å². The van der Waals surface area contributed by atoms with Crippen molar-refractivity contribution >= 4 is 23.4 Å². The number of likely N-dealkylation sites (tertiary alicyclic amines) is 1. The van der Waals surface area contributed by atoms with Gasteiger partial charge >= 0.3 is 0 Å². The second-order valence-corrected chi connectivity index (χ2v) is 9.54. The maximum Gasteiger partial charge on any atom is 0.224 e. The maximum atomic E-state index is 10.9. The fourth-order valence-electron chi connectivity index (χ4n) is 4.56. The van der Waals surface area contributed by atoms with Gasteiger partial charge in [-0.2, -0.15) is 9.89 Å². The Balaban J connectivity index is 1.55. The summed E-state index contributed by atoms with van der Waals surface area (Å²) in [4.78, 5) is 27.3. The molecule has 0 amide bonds. The van der Waals surface area contributed by atoms with Crippen LogP contribution < -0.4 is 10.6 Å². The summed E-state index contributed by atoms with van der Waals surface area (Å²) in [7, 11) is 0. The van der Waals surface area contributed by atoms with Crippen LogP contribution in [-0.2, 0) is 6.54 Å². The van der Waals surface area contributed by atoms with E-state index >= 15 is 0 Å². The second-order valence-electron chi connectivity index (χ2n) is 9.14. The van der Waals surface area contributed by atoms with Gasteiger partial charge in [0.25, 0.3) is 0 Å². The number of nitrogens with zero attached hydrogens (tertiary/aromatic N) is 5. The molecule has 0 atom stereocenters. The van der Waals surface area contributed by atoms with Crippen LogP contribution in [0.3, 0.4) is 0 Å². The van der Waals surface area contributed by atoms with E-state index in [4.69, 9.17) is 21.6 Å². The van der Waals surface area contributed by atoms with Crippen LogP contribution >= 0.6 is 11.6 Å². The Kier molecular flexibility index (Phi) is 8.45. The van der Waals surface area contributed by atoms with Crippen molar-refractivity contribution in [1.29, 1.82) is 0 Å². The van der Waals surface area contributed by atoms with Crippen molar-refractivity contribution in [2.75, 3.05) is 30.3 Å². The summed E-state index contributed by atoms with van der Waals surface area (Å²) in [6.45, 7) is 6.07. The van der Waals surface area contributed by atoms with E-state index in [-0.39, 0.29) is 12.1 Å². The van der Waals surface area contributed by atoms with E-state index in [1.54, 1.807) is 0 Å². The molecule has 33 heavy (non-hydrogen) atoms. The molecule has 2 aromatic heterocycles. The first-order valence-electron chi connectivity index (χ1n) is 12.2. The summed E-state index contributed by atoms with van der Waals surface area (Å²) in [5, 5.41) is 10.8. The van der Waals surface area contributed by atoms with Gasteiger partial charge in [-0.25, -0.2) is 4.98 Å². The van der Waals surface area contributed by atoms with Crippen molar-refractivity contribution < 1.29 is 0 Å². The molecular weight excluding hydrogens is 438 g/mol. The van der Waals surface area contributed by atoms with Crippen molar-refractivity contribution in [3.05, 3.63) is 34.0 Å². The van der Waals surface area contributed by atoms with Crippen LogP contribution in [0.5, 0.6) is 0 Å². The molecule has 3 heterocycles. The number of halogens is 1. The predicted octanol–water partition coefficient (Wildman–Crippen LogP) is 5.49. The number of aromatic nitrogens is 3.